The molecule has 0 aromatic carbocycles. The number of ether oxygens (including phenoxy) is 1. The second-order valence-corrected chi connectivity index (χ2v) is 4.09. The minimum absolute atomic E-state index is 0.762. The van der Waals surface area contributed by atoms with Crippen molar-refractivity contribution >= 4 is 22.9 Å². The minimum atomic E-state index is 0.762. The topological polar surface area (TPSA) is 21.3 Å². The van der Waals surface area contributed by atoms with Crippen LogP contribution in [0.15, 0.2) is 11.4 Å². The Kier molecular flexibility index (Phi) is 5.39. The van der Waals surface area contributed by atoms with Crippen LogP contribution in [0.4, 0.5) is 0 Å². The average Bonchev–Trinajstić information content (AvgIpc) is 2.52. The van der Waals surface area contributed by atoms with E-state index < -0.39 is 0 Å². The molecule has 0 saturated carbocycles. The molecule has 1 heterocycles. The Morgan fingerprint density at radius 3 is 3.00 bits per heavy atom. The van der Waals surface area contributed by atoms with Gasteiger partial charge in [-0.25, -0.2) is 0 Å². The number of thiophene rings is 1. The molecule has 0 unspecified atom stereocenters. The number of methoxy groups -OCH3 is 1. The molecule has 1 aromatic rings. The highest BCUT2D eigenvalue weighted by molar-refractivity contribution is 7.10. The van der Waals surface area contributed by atoms with Crippen LogP contribution in [0.2, 0.25) is 5.02 Å². The number of halogens is 1. The van der Waals surface area contributed by atoms with Crippen molar-refractivity contribution in [2.75, 3.05) is 26.8 Å². The van der Waals surface area contributed by atoms with Gasteiger partial charge in [-0.2, -0.15) is 0 Å². The molecule has 2 nitrogen and oxygen atoms in total. The molecule has 0 saturated heterocycles. The van der Waals surface area contributed by atoms with Gasteiger partial charge in [-0.05, 0) is 17.9 Å². The van der Waals surface area contributed by atoms with E-state index in [1.807, 2.05) is 11.4 Å². The van der Waals surface area contributed by atoms with E-state index >= 15 is 0 Å². The lowest BCUT2D eigenvalue weighted by atomic mass is 10.3. The lowest BCUT2D eigenvalue weighted by molar-refractivity contribution is 0.199. The van der Waals surface area contributed by atoms with Crippen molar-refractivity contribution in [3.63, 3.8) is 0 Å². The van der Waals surface area contributed by atoms with Gasteiger partial charge in [-0.15, -0.1) is 11.3 Å². The van der Waals surface area contributed by atoms with E-state index in [0.29, 0.717) is 0 Å². The molecule has 0 aliphatic heterocycles. The predicted molar refractivity (Wildman–Crippen MR) is 57.8 cm³/mol. The van der Waals surface area contributed by atoms with Gasteiger partial charge < -0.3 is 10.1 Å². The predicted octanol–water partition coefficient (Wildman–Crippen LogP) is 2.18. The van der Waals surface area contributed by atoms with Gasteiger partial charge in [-0.3, -0.25) is 0 Å². The summed E-state index contributed by atoms with van der Waals surface area (Å²) in [6.45, 7) is 2.63. The van der Waals surface area contributed by atoms with Crippen molar-refractivity contribution in [1.82, 2.24) is 5.32 Å². The maximum atomic E-state index is 5.94. The summed E-state index contributed by atoms with van der Waals surface area (Å²) >= 11 is 7.65. The highest BCUT2D eigenvalue weighted by Gasteiger charge is 1.99. The van der Waals surface area contributed by atoms with E-state index in [2.05, 4.69) is 5.32 Å². The largest absolute Gasteiger partial charge is 0.383 e. The average molecular weight is 220 g/mol. The molecule has 0 amide bonds. The van der Waals surface area contributed by atoms with Crippen LogP contribution in [0, 0.1) is 0 Å². The molecule has 0 radical (unpaired) electrons. The standard InChI is InChI=1S/C9H14ClNOS/c1-12-6-5-11-4-2-9-8(10)3-7-13-9/h3,7,11H,2,4-6H2,1H3. The summed E-state index contributed by atoms with van der Waals surface area (Å²) in [6.07, 6.45) is 1.00. The van der Waals surface area contributed by atoms with Crippen LogP contribution in [0.25, 0.3) is 0 Å². The Balaban J connectivity index is 2.10. The Morgan fingerprint density at radius 1 is 1.54 bits per heavy atom. The number of rotatable bonds is 6. The van der Waals surface area contributed by atoms with Crippen LogP contribution >= 0.6 is 22.9 Å². The molecular weight excluding hydrogens is 206 g/mol. The lowest BCUT2D eigenvalue weighted by Crippen LogP contribution is -2.21. The second kappa shape index (κ2) is 6.38. The summed E-state index contributed by atoms with van der Waals surface area (Å²) in [4.78, 5) is 1.26. The fourth-order valence-electron chi connectivity index (χ4n) is 1.00. The van der Waals surface area contributed by atoms with E-state index in [4.69, 9.17) is 16.3 Å². The SMILES string of the molecule is COCCNCCc1sccc1Cl. The van der Waals surface area contributed by atoms with Crippen molar-refractivity contribution in [2.45, 2.75) is 6.42 Å². The van der Waals surface area contributed by atoms with Crippen LogP contribution < -0.4 is 5.32 Å². The van der Waals surface area contributed by atoms with Gasteiger partial charge in [0.15, 0.2) is 0 Å². The van der Waals surface area contributed by atoms with Crippen molar-refractivity contribution in [1.29, 1.82) is 0 Å². The maximum absolute atomic E-state index is 5.94. The normalized spacial score (nSPS) is 10.6. The fraction of sp³-hybridized carbons (Fsp3) is 0.556. The van der Waals surface area contributed by atoms with E-state index in [-0.39, 0.29) is 0 Å². The van der Waals surface area contributed by atoms with E-state index in [9.17, 15) is 0 Å². The quantitative estimate of drug-likeness (QED) is 0.741. The van der Waals surface area contributed by atoms with Crippen LogP contribution in [-0.4, -0.2) is 26.8 Å². The summed E-state index contributed by atoms with van der Waals surface area (Å²) < 4.78 is 4.92. The lowest BCUT2D eigenvalue weighted by Gasteiger charge is -2.02. The molecule has 4 heteroatoms. The molecule has 1 aromatic heterocycles. The fourth-order valence-corrected chi connectivity index (χ4v) is 2.14. The molecule has 0 fully saturated rings. The first kappa shape index (κ1) is 11.0. The molecule has 0 aliphatic carbocycles. The van der Waals surface area contributed by atoms with Crippen LogP contribution in [0.3, 0.4) is 0 Å². The first-order valence-corrected chi connectivity index (χ1v) is 5.52. The molecule has 1 N–H and O–H groups in total. The molecule has 13 heavy (non-hydrogen) atoms. The third kappa shape index (κ3) is 4.09. The van der Waals surface area contributed by atoms with Gasteiger partial charge in [0.1, 0.15) is 0 Å². The van der Waals surface area contributed by atoms with Gasteiger partial charge in [0.2, 0.25) is 0 Å². The summed E-state index contributed by atoms with van der Waals surface area (Å²) in [5.74, 6) is 0. The van der Waals surface area contributed by atoms with Gasteiger partial charge in [0.05, 0.1) is 11.6 Å². The smallest absolute Gasteiger partial charge is 0.0587 e. The number of hydrogen-bond donors (Lipinski definition) is 1. The van der Waals surface area contributed by atoms with Gasteiger partial charge in [-0.1, -0.05) is 11.6 Å². The molecular formula is C9H14ClNOS. The molecule has 0 atom stereocenters. The zero-order valence-corrected chi connectivity index (χ0v) is 9.25. The number of hydrogen-bond acceptors (Lipinski definition) is 3. The summed E-state index contributed by atoms with van der Waals surface area (Å²) in [7, 11) is 1.71. The molecule has 0 spiro atoms. The third-order valence-electron chi connectivity index (χ3n) is 1.70. The van der Waals surface area contributed by atoms with Crippen molar-refractivity contribution in [3.05, 3.63) is 21.3 Å². The number of nitrogens with one attached hydrogen (secondary N) is 1. The Labute approximate surface area is 87.9 Å². The molecule has 1 rings (SSSR count). The molecule has 0 bridgehead atoms. The van der Waals surface area contributed by atoms with E-state index in [1.165, 1.54) is 4.88 Å². The monoisotopic (exact) mass is 219 g/mol. The first-order chi connectivity index (χ1) is 6.34. The molecule has 0 aliphatic rings. The zero-order chi connectivity index (χ0) is 9.52. The Bertz CT molecular complexity index is 239. The second-order valence-electron chi connectivity index (χ2n) is 2.68. The highest BCUT2D eigenvalue weighted by Crippen LogP contribution is 2.21. The van der Waals surface area contributed by atoms with Crippen LogP contribution in [-0.2, 0) is 11.2 Å². The summed E-state index contributed by atoms with van der Waals surface area (Å²) in [5.41, 5.74) is 0. The third-order valence-corrected chi connectivity index (χ3v) is 3.15. The Hall–Kier alpha value is -0.0900. The first-order valence-electron chi connectivity index (χ1n) is 4.26. The van der Waals surface area contributed by atoms with E-state index in [0.717, 1.165) is 31.1 Å². The van der Waals surface area contributed by atoms with Gasteiger partial charge in [0, 0.05) is 25.1 Å². The van der Waals surface area contributed by atoms with Gasteiger partial charge in [0.25, 0.3) is 0 Å². The highest BCUT2D eigenvalue weighted by atomic mass is 35.5. The Morgan fingerprint density at radius 2 is 2.38 bits per heavy atom. The minimum Gasteiger partial charge on any atom is -0.383 e. The van der Waals surface area contributed by atoms with Crippen LogP contribution in [0.5, 0.6) is 0 Å². The van der Waals surface area contributed by atoms with E-state index in [1.54, 1.807) is 18.4 Å². The summed E-state index contributed by atoms with van der Waals surface area (Å²) in [6, 6.07) is 1.94. The summed E-state index contributed by atoms with van der Waals surface area (Å²) in [5, 5.41) is 6.18. The van der Waals surface area contributed by atoms with Crippen molar-refractivity contribution in [2.24, 2.45) is 0 Å². The van der Waals surface area contributed by atoms with Crippen molar-refractivity contribution < 1.29 is 4.74 Å². The van der Waals surface area contributed by atoms with Crippen LogP contribution in [0.1, 0.15) is 4.88 Å². The zero-order valence-electron chi connectivity index (χ0n) is 7.68. The van der Waals surface area contributed by atoms with Crippen molar-refractivity contribution in [3.8, 4) is 0 Å². The molecule has 74 valence electrons. The van der Waals surface area contributed by atoms with Gasteiger partial charge >= 0.3 is 0 Å². The maximum Gasteiger partial charge on any atom is 0.0587 e.